The van der Waals surface area contributed by atoms with Crippen LogP contribution in [0.3, 0.4) is 0 Å². The lowest BCUT2D eigenvalue weighted by Crippen LogP contribution is -1.91. The van der Waals surface area contributed by atoms with Gasteiger partial charge >= 0.3 is 0 Å². The first-order chi connectivity index (χ1) is 17.8. The standard InChI is InChI=1S/C34H21NO/c1-2-8-22-18-33-32(17-21(22)7-1)30-16-14-24(20-34(30)36-33)35-23-13-15-29-27-11-4-3-9-25(27)26-10-5-6-12-28(26)31(29)19-23/h1-20,35H. The van der Waals surface area contributed by atoms with E-state index in [1.807, 2.05) is 0 Å². The highest BCUT2D eigenvalue weighted by Gasteiger charge is 2.11. The third-order valence-electron chi connectivity index (χ3n) is 7.37. The quantitative estimate of drug-likeness (QED) is 0.260. The van der Waals surface area contributed by atoms with Gasteiger partial charge in [0.1, 0.15) is 11.2 Å². The van der Waals surface area contributed by atoms with Crippen molar-refractivity contribution in [3.05, 3.63) is 121 Å². The molecule has 0 amide bonds. The molecule has 7 aromatic carbocycles. The minimum absolute atomic E-state index is 0.891. The van der Waals surface area contributed by atoms with Crippen LogP contribution in [0.4, 0.5) is 11.4 Å². The Hall–Kier alpha value is -4.82. The van der Waals surface area contributed by atoms with Gasteiger partial charge in [0.25, 0.3) is 0 Å². The van der Waals surface area contributed by atoms with Gasteiger partial charge in [0, 0.05) is 28.2 Å². The second kappa shape index (κ2) is 7.34. The van der Waals surface area contributed by atoms with Crippen LogP contribution >= 0.6 is 0 Å². The minimum Gasteiger partial charge on any atom is -0.456 e. The van der Waals surface area contributed by atoms with Crippen LogP contribution in [0.25, 0.3) is 65.0 Å². The summed E-state index contributed by atoms with van der Waals surface area (Å²) in [6, 6.07) is 43.2. The lowest BCUT2D eigenvalue weighted by atomic mass is 9.94. The van der Waals surface area contributed by atoms with Crippen LogP contribution in [-0.4, -0.2) is 0 Å². The van der Waals surface area contributed by atoms with Gasteiger partial charge in [0.15, 0.2) is 0 Å². The topological polar surface area (TPSA) is 25.2 Å². The predicted molar refractivity (Wildman–Crippen MR) is 153 cm³/mol. The largest absolute Gasteiger partial charge is 0.456 e. The summed E-state index contributed by atoms with van der Waals surface area (Å²) in [4.78, 5) is 0. The number of fused-ring (bicyclic) bond motifs is 10. The molecule has 36 heavy (non-hydrogen) atoms. The van der Waals surface area contributed by atoms with Crippen molar-refractivity contribution in [1.29, 1.82) is 0 Å². The number of hydrogen-bond acceptors (Lipinski definition) is 2. The lowest BCUT2D eigenvalue weighted by Gasteiger charge is -2.13. The lowest BCUT2D eigenvalue weighted by molar-refractivity contribution is 0.669. The summed E-state index contributed by atoms with van der Waals surface area (Å²) in [5.41, 5.74) is 3.88. The molecule has 0 unspecified atom stereocenters. The van der Waals surface area contributed by atoms with Crippen molar-refractivity contribution in [2.75, 3.05) is 5.32 Å². The molecule has 0 radical (unpaired) electrons. The first kappa shape index (κ1) is 19.5. The first-order valence-electron chi connectivity index (χ1n) is 12.3. The normalized spacial score (nSPS) is 11.9. The van der Waals surface area contributed by atoms with E-state index in [4.69, 9.17) is 4.42 Å². The molecule has 8 aromatic rings. The fraction of sp³-hybridized carbons (Fsp3) is 0. The van der Waals surface area contributed by atoms with Gasteiger partial charge in [-0.2, -0.15) is 0 Å². The van der Waals surface area contributed by atoms with E-state index >= 15 is 0 Å². The molecule has 1 N–H and O–H groups in total. The maximum Gasteiger partial charge on any atom is 0.137 e. The first-order valence-corrected chi connectivity index (χ1v) is 12.3. The van der Waals surface area contributed by atoms with E-state index in [0.717, 1.165) is 33.3 Å². The van der Waals surface area contributed by atoms with E-state index in [-0.39, 0.29) is 0 Å². The Kier molecular flexibility index (Phi) is 3.97. The van der Waals surface area contributed by atoms with Gasteiger partial charge in [-0.15, -0.1) is 0 Å². The smallest absolute Gasteiger partial charge is 0.137 e. The average molecular weight is 460 g/mol. The molecule has 2 nitrogen and oxygen atoms in total. The van der Waals surface area contributed by atoms with Gasteiger partial charge in [-0.1, -0.05) is 78.9 Å². The molecule has 0 aliphatic rings. The average Bonchev–Trinajstić information content (AvgIpc) is 3.28. The van der Waals surface area contributed by atoms with Crippen LogP contribution in [0, 0.1) is 0 Å². The molecular formula is C34H21NO. The van der Waals surface area contributed by atoms with Crippen LogP contribution in [0.1, 0.15) is 0 Å². The van der Waals surface area contributed by atoms with Gasteiger partial charge in [-0.3, -0.25) is 0 Å². The maximum absolute atomic E-state index is 6.27. The third kappa shape index (κ3) is 2.85. The molecule has 0 bridgehead atoms. The van der Waals surface area contributed by atoms with Gasteiger partial charge in [0.2, 0.25) is 0 Å². The van der Waals surface area contributed by atoms with Gasteiger partial charge in [-0.05, 0) is 79.5 Å². The highest BCUT2D eigenvalue weighted by atomic mass is 16.3. The van der Waals surface area contributed by atoms with Crippen LogP contribution in [0.15, 0.2) is 126 Å². The van der Waals surface area contributed by atoms with Crippen molar-refractivity contribution in [3.63, 3.8) is 0 Å². The molecule has 1 heterocycles. The van der Waals surface area contributed by atoms with E-state index in [1.54, 1.807) is 0 Å². The van der Waals surface area contributed by atoms with E-state index in [2.05, 4.69) is 127 Å². The number of hydrogen-bond donors (Lipinski definition) is 1. The number of rotatable bonds is 2. The molecule has 0 atom stereocenters. The number of furan rings is 1. The van der Waals surface area contributed by atoms with Crippen molar-refractivity contribution in [2.24, 2.45) is 0 Å². The molecule has 0 spiro atoms. The number of anilines is 2. The Morgan fingerprint density at radius 3 is 1.56 bits per heavy atom. The monoisotopic (exact) mass is 459 g/mol. The fourth-order valence-electron chi connectivity index (χ4n) is 5.69. The highest BCUT2D eigenvalue weighted by Crippen LogP contribution is 2.38. The zero-order chi connectivity index (χ0) is 23.6. The summed E-state index contributed by atoms with van der Waals surface area (Å²) in [5, 5.41) is 16.0. The third-order valence-corrected chi connectivity index (χ3v) is 7.37. The van der Waals surface area contributed by atoms with Crippen molar-refractivity contribution in [1.82, 2.24) is 0 Å². The van der Waals surface area contributed by atoms with E-state index < -0.39 is 0 Å². The Morgan fingerprint density at radius 1 is 0.361 bits per heavy atom. The minimum atomic E-state index is 0.891. The zero-order valence-electron chi connectivity index (χ0n) is 19.5. The summed E-state index contributed by atoms with van der Waals surface area (Å²) < 4.78 is 6.27. The van der Waals surface area contributed by atoms with Crippen LogP contribution in [-0.2, 0) is 0 Å². The Morgan fingerprint density at radius 2 is 0.861 bits per heavy atom. The molecule has 0 fully saturated rings. The van der Waals surface area contributed by atoms with Crippen LogP contribution in [0.5, 0.6) is 0 Å². The maximum atomic E-state index is 6.27. The molecular weight excluding hydrogens is 438 g/mol. The van der Waals surface area contributed by atoms with Crippen molar-refractivity contribution in [3.8, 4) is 0 Å². The molecule has 168 valence electrons. The van der Waals surface area contributed by atoms with E-state index in [9.17, 15) is 0 Å². The van der Waals surface area contributed by atoms with Crippen molar-refractivity contribution >= 4 is 76.4 Å². The van der Waals surface area contributed by atoms with Crippen LogP contribution in [0.2, 0.25) is 0 Å². The summed E-state index contributed by atoms with van der Waals surface area (Å²) in [7, 11) is 0. The predicted octanol–water partition coefficient (Wildman–Crippen LogP) is 9.94. The molecule has 0 aliphatic carbocycles. The van der Waals surface area contributed by atoms with Crippen molar-refractivity contribution in [2.45, 2.75) is 0 Å². The summed E-state index contributed by atoms with van der Waals surface area (Å²) in [5.74, 6) is 0. The van der Waals surface area contributed by atoms with E-state index in [0.29, 0.717) is 0 Å². The number of benzene rings is 7. The second-order valence-electron chi connectivity index (χ2n) is 9.49. The second-order valence-corrected chi connectivity index (χ2v) is 9.49. The van der Waals surface area contributed by atoms with Crippen molar-refractivity contribution < 1.29 is 4.42 Å². The number of nitrogens with one attached hydrogen (secondary N) is 1. The summed E-state index contributed by atoms with van der Waals surface area (Å²) >= 11 is 0. The Balaban J connectivity index is 1.26. The van der Waals surface area contributed by atoms with Crippen LogP contribution < -0.4 is 5.32 Å². The molecule has 8 rings (SSSR count). The molecule has 1 aromatic heterocycles. The highest BCUT2D eigenvalue weighted by molar-refractivity contribution is 6.25. The SMILES string of the molecule is c1ccc2cc3c(cc2c1)oc1cc(Nc2ccc4c5ccccc5c5ccccc5c4c2)ccc13. The van der Waals surface area contributed by atoms with E-state index in [1.165, 1.54) is 43.1 Å². The summed E-state index contributed by atoms with van der Waals surface area (Å²) in [6.07, 6.45) is 0. The fourth-order valence-corrected chi connectivity index (χ4v) is 5.69. The summed E-state index contributed by atoms with van der Waals surface area (Å²) in [6.45, 7) is 0. The van der Waals surface area contributed by atoms with Gasteiger partial charge < -0.3 is 9.73 Å². The Bertz CT molecular complexity index is 2100. The Labute approximate surface area is 207 Å². The molecule has 2 heteroatoms. The van der Waals surface area contributed by atoms with Gasteiger partial charge in [-0.25, -0.2) is 0 Å². The molecule has 0 aliphatic heterocycles. The molecule has 0 saturated carbocycles. The zero-order valence-corrected chi connectivity index (χ0v) is 19.5. The van der Waals surface area contributed by atoms with Gasteiger partial charge in [0.05, 0.1) is 0 Å². The molecule has 0 saturated heterocycles.